The Bertz CT molecular complexity index is 1260. The lowest BCUT2D eigenvalue weighted by Gasteiger charge is -2.20. The van der Waals surface area contributed by atoms with E-state index in [4.69, 9.17) is 11.6 Å². The molecular formula is C20H17ClN2O4S2. The summed E-state index contributed by atoms with van der Waals surface area (Å²) in [5.41, 5.74) is 1.60. The number of rotatable bonds is 5. The highest BCUT2D eigenvalue weighted by atomic mass is 35.5. The molecule has 0 atom stereocenters. The van der Waals surface area contributed by atoms with Crippen molar-refractivity contribution < 1.29 is 16.8 Å². The summed E-state index contributed by atoms with van der Waals surface area (Å²) < 4.78 is 55.1. The third-order valence-electron chi connectivity index (χ3n) is 4.65. The van der Waals surface area contributed by atoms with Gasteiger partial charge in [-0.15, -0.1) is 0 Å². The molecule has 0 aromatic heterocycles. The highest BCUT2D eigenvalue weighted by Gasteiger charge is 2.31. The van der Waals surface area contributed by atoms with Crippen LogP contribution in [0.15, 0.2) is 82.6 Å². The Morgan fingerprint density at radius 3 is 2.21 bits per heavy atom. The second-order valence-corrected chi connectivity index (χ2v) is 10.5. The highest BCUT2D eigenvalue weighted by molar-refractivity contribution is 7.93. The fraction of sp³-hybridized carbons (Fsp3) is 0.100. The van der Waals surface area contributed by atoms with Crippen LogP contribution in [0.1, 0.15) is 5.56 Å². The molecule has 0 saturated heterocycles. The van der Waals surface area contributed by atoms with Crippen LogP contribution in [-0.4, -0.2) is 23.4 Å². The van der Waals surface area contributed by atoms with Crippen LogP contribution in [-0.2, 0) is 26.5 Å². The molecule has 0 saturated carbocycles. The minimum atomic E-state index is -3.78. The first-order valence-corrected chi connectivity index (χ1v) is 12.1. The summed E-state index contributed by atoms with van der Waals surface area (Å²) in [5, 5.41) is 0.448. The molecule has 3 aromatic rings. The SMILES string of the molecule is O=S(=O)(Nc1ccc2c(c1)N(S(=O)(=O)c1ccc(Cl)cc1)CC2)c1ccccc1. The summed E-state index contributed by atoms with van der Waals surface area (Å²) in [6, 6.07) is 18.9. The molecule has 1 aliphatic rings. The molecule has 150 valence electrons. The number of halogens is 1. The maximum atomic E-state index is 13.1. The molecule has 0 bridgehead atoms. The summed E-state index contributed by atoms with van der Waals surface area (Å²) in [4.78, 5) is 0.260. The Morgan fingerprint density at radius 2 is 1.52 bits per heavy atom. The van der Waals surface area contributed by atoms with E-state index in [9.17, 15) is 16.8 Å². The first-order chi connectivity index (χ1) is 13.8. The van der Waals surface area contributed by atoms with Gasteiger partial charge >= 0.3 is 0 Å². The van der Waals surface area contributed by atoms with Gasteiger partial charge in [0.2, 0.25) is 0 Å². The van der Waals surface area contributed by atoms with Crippen molar-refractivity contribution in [1.82, 2.24) is 0 Å². The molecule has 0 fully saturated rings. The van der Waals surface area contributed by atoms with Crippen molar-refractivity contribution >= 4 is 43.0 Å². The molecule has 0 aliphatic carbocycles. The van der Waals surface area contributed by atoms with Gasteiger partial charge in [0.25, 0.3) is 20.0 Å². The van der Waals surface area contributed by atoms with Crippen LogP contribution in [0.5, 0.6) is 0 Å². The molecule has 6 nitrogen and oxygen atoms in total. The molecule has 1 aliphatic heterocycles. The normalized spacial score (nSPS) is 13.9. The van der Waals surface area contributed by atoms with E-state index in [0.717, 1.165) is 5.56 Å². The van der Waals surface area contributed by atoms with Gasteiger partial charge < -0.3 is 0 Å². The average molecular weight is 449 g/mol. The Hall–Kier alpha value is -2.55. The predicted molar refractivity (Wildman–Crippen MR) is 113 cm³/mol. The largest absolute Gasteiger partial charge is 0.280 e. The fourth-order valence-corrected chi connectivity index (χ4v) is 5.90. The first-order valence-electron chi connectivity index (χ1n) is 8.76. The number of hydrogen-bond acceptors (Lipinski definition) is 4. The minimum absolute atomic E-state index is 0.130. The van der Waals surface area contributed by atoms with Crippen molar-refractivity contribution in [3.63, 3.8) is 0 Å². The first kappa shape index (κ1) is 19.8. The van der Waals surface area contributed by atoms with Gasteiger partial charge in [0.1, 0.15) is 0 Å². The van der Waals surface area contributed by atoms with E-state index in [2.05, 4.69) is 4.72 Å². The molecule has 0 radical (unpaired) electrons. The number of benzene rings is 3. The van der Waals surface area contributed by atoms with Crippen LogP contribution < -0.4 is 9.03 Å². The van der Waals surface area contributed by atoms with E-state index in [1.165, 1.54) is 40.7 Å². The molecular weight excluding hydrogens is 432 g/mol. The van der Waals surface area contributed by atoms with Gasteiger partial charge in [-0.1, -0.05) is 35.9 Å². The summed E-state index contributed by atoms with van der Waals surface area (Å²) in [6.07, 6.45) is 0.549. The van der Waals surface area contributed by atoms with Crippen LogP contribution in [0, 0.1) is 0 Å². The van der Waals surface area contributed by atoms with E-state index in [0.29, 0.717) is 22.8 Å². The van der Waals surface area contributed by atoms with Crippen LogP contribution in [0.3, 0.4) is 0 Å². The number of sulfonamides is 2. The maximum absolute atomic E-state index is 13.1. The summed E-state index contributed by atoms with van der Waals surface area (Å²) in [6.45, 7) is 0.287. The van der Waals surface area contributed by atoms with Crippen molar-refractivity contribution in [2.75, 3.05) is 15.6 Å². The molecule has 3 aromatic carbocycles. The molecule has 29 heavy (non-hydrogen) atoms. The van der Waals surface area contributed by atoms with Gasteiger partial charge in [0, 0.05) is 11.6 Å². The lowest BCUT2D eigenvalue weighted by Crippen LogP contribution is -2.29. The highest BCUT2D eigenvalue weighted by Crippen LogP contribution is 2.35. The molecule has 0 amide bonds. The zero-order chi connectivity index (χ0) is 20.6. The summed E-state index contributed by atoms with van der Waals surface area (Å²) in [7, 11) is -7.56. The van der Waals surface area contributed by atoms with Crippen molar-refractivity contribution in [2.45, 2.75) is 16.2 Å². The number of fused-ring (bicyclic) bond motifs is 1. The van der Waals surface area contributed by atoms with Crippen LogP contribution in [0.25, 0.3) is 0 Å². The molecule has 1 heterocycles. The van der Waals surface area contributed by atoms with Crippen molar-refractivity contribution in [3.05, 3.63) is 83.4 Å². The van der Waals surface area contributed by atoms with Crippen molar-refractivity contribution in [1.29, 1.82) is 0 Å². The van der Waals surface area contributed by atoms with Gasteiger partial charge in [0.05, 0.1) is 21.2 Å². The molecule has 4 rings (SSSR count). The quantitative estimate of drug-likeness (QED) is 0.641. The zero-order valence-corrected chi connectivity index (χ0v) is 17.5. The Labute approximate surface area is 174 Å². The van der Waals surface area contributed by atoms with Crippen LogP contribution >= 0.6 is 11.6 Å². The van der Waals surface area contributed by atoms with Crippen molar-refractivity contribution in [3.8, 4) is 0 Å². The molecule has 0 spiro atoms. The van der Waals surface area contributed by atoms with E-state index < -0.39 is 20.0 Å². The smallest absolute Gasteiger partial charge is 0.264 e. The Kier molecular flexibility index (Phi) is 5.02. The average Bonchev–Trinajstić information content (AvgIpc) is 3.13. The topological polar surface area (TPSA) is 83.6 Å². The fourth-order valence-electron chi connectivity index (χ4n) is 3.21. The zero-order valence-electron chi connectivity index (χ0n) is 15.1. The molecule has 0 unspecified atom stereocenters. The van der Waals surface area contributed by atoms with E-state index in [-0.39, 0.29) is 16.3 Å². The predicted octanol–water partition coefficient (Wildman–Crippen LogP) is 3.89. The van der Waals surface area contributed by atoms with Gasteiger partial charge in [-0.2, -0.15) is 0 Å². The van der Waals surface area contributed by atoms with E-state index in [1.54, 1.807) is 36.4 Å². The number of hydrogen-bond donors (Lipinski definition) is 1. The lowest BCUT2D eigenvalue weighted by atomic mass is 10.1. The van der Waals surface area contributed by atoms with Crippen LogP contribution in [0.4, 0.5) is 11.4 Å². The standard InChI is InChI=1S/C20H17ClN2O4S2/c21-16-7-10-19(11-8-16)29(26,27)23-13-12-15-6-9-17(14-20(15)23)22-28(24,25)18-4-2-1-3-5-18/h1-11,14,22H,12-13H2. The second-order valence-electron chi connectivity index (χ2n) is 6.54. The van der Waals surface area contributed by atoms with Gasteiger partial charge in [-0.3, -0.25) is 9.03 Å². The van der Waals surface area contributed by atoms with Gasteiger partial charge in [-0.25, -0.2) is 16.8 Å². The Balaban J connectivity index is 1.68. The van der Waals surface area contributed by atoms with Crippen molar-refractivity contribution in [2.24, 2.45) is 0 Å². The van der Waals surface area contributed by atoms with Gasteiger partial charge in [0.15, 0.2) is 0 Å². The minimum Gasteiger partial charge on any atom is -0.280 e. The number of anilines is 2. The second kappa shape index (κ2) is 7.37. The summed E-state index contributed by atoms with van der Waals surface area (Å²) in [5.74, 6) is 0. The molecule has 9 heteroatoms. The third-order valence-corrected chi connectivity index (χ3v) is 8.12. The number of nitrogens with one attached hydrogen (secondary N) is 1. The molecule has 1 N–H and O–H groups in total. The monoisotopic (exact) mass is 448 g/mol. The van der Waals surface area contributed by atoms with E-state index in [1.807, 2.05) is 0 Å². The number of nitrogens with zero attached hydrogens (tertiary/aromatic N) is 1. The van der Waals surface area contributed by atoms with Crippen LogP contribution in [0.2, 0.25) is 5.02 Å². The van der Waals surface area contributed by atoms with Gasteiger partial charge in [-0.05, 0) is 60.5 Å². The maximum Gasteiger partial charge on any atom is 0.264 e. The third kappa shape index (κ3) is 3.83. The van der Waals surface area contributed by atoms with E-state index >= 15 is 0 Å². The Morgan fingerprint density at radius 1 is 0.828 bits per heavy atom. The lowest BCUT2D eigenvalue weighted by molar-refractivity contribution is 0.592. The summed E-state index contributed by atoms with van der Waals surface area (Å²) >= 11 is 5.86.